The van der Waals surface area contributed by atoms with Crippen LogP contribution in [-0.2, 0) is 12.4 Å². The van der Waals surface area contributed by atoms with Crippen molar-refractivity contribution in [2.45, 2.75) is 12.4 Å². The second kappa shape index (κ2) is 3.77. The van der Waals surface area contributed by atoms with Crippen LogP contribution in [0.2, 0.25) is 0 Å². The first-order valence-electron chi connectivity index (χ1n) is 5.62. The van der Waals surface area contributed by atoms with E-state index in [1.165, 1.54) is 24.3 Å². The Morgan fingerprint density at radius 1 is 0.650 bits per heavy atom. The molecule has 2 aliphatic rings. The summed E-state index contributed by atoms with van der Waals surface area (Å²) in [5.74, 6) is 0. The molecule has 0 N–H and O–H groups in total. The third-order valence-electron chi connectivity index (χ3n) is 3.26. The Labute approximate surface area is 109 Å². The van der Waals surface area contributed by atoms with E-state index in [0.29, 0.717) is 5.22 Å². The average Bonchev–Trinajstić information content (AvgIpc) is 2.29. The molecule has 0 saturated heterocycles. The molecule has 1 aromatic carbocycles. The molecule has 0 saturated carbocycles. The quantitative estimate of drug-likeness (QED) is 0.553. The van der Waals surface area contributed by atoms with Gasteiger partial charge in [0, 0.05) is 5.22 Å². The summed E-state index contributed by atoms with van der Waals surface area (Å²) in [5.41, 5.74) is -2.00. The molecule has 0 fully saturated rings. The van der Waals surface area contributed by atoms with Gasteiger partial charge in [0.05, 0.1) is 11.1 Å². The lowest BCUT2D eigenvalue weighted by Gasteiger charge is -2.21. The number of hydrogen-bond acceptors (Lipinski definition) is 0. The second-order valence-corrected chi connectivity index (χ2v) is 4.49. The number of hydrogen-bond donors (Lipinski definition) is 0. The first kappa shape index (κ1) is 13.0. The molecular formula is C14H6F6. The van der Waals surface area contributed by atoms with Crippen molar-refractivity contribution < 1.29 is 26.3 Å². The lowest BCUT2D eigenvalue weighted by atomic mass is 9.86. The van der Waals surface area contributed by atoms with Gasteiger partial charge in [-0.15, -0.1) is 0 Å². The van der Waals surface area contributed by atoms with Crippen LogP contribution in [-0.4, -0.2) is 0 Å². The first-order valence-corrected chi connectivity index (χ1v) is 5.62. The number of alkyl halides is 6. The van der Waals surface area contributed by atoms with Crippen molar-refractivity contribution in [2.75, 3.05) is 0 Å². The van der Waals surface area contributed by atoms with Crippen molar-refractivity contribution in [3.63, 3.8) is 0 Å². The lowest BCUT2D eigenvalue weighted by Crippen LogP contribution is -2.14. The molecule has 0 heterocycles. The van der Waals surface area contributed by atoms with Gasteiger partial charge in [-0.05, 0) is 34.5 Å². The zero-order valence-corrected chi connectivity index (χ0v) is 9.73. The topological polar surface area (TPSA) is 0 Å². The van der Waals surface area contributed by atoms with Crippen LogP contribution >= 0.6 is 0 Å². The van der Waals surface area contributed by atoms with E-state index in [1.54, 1.807) is 0 Å². The minimum atomic E-state index is -4.60. The minimum absolute atomic E-state index is 0.00255. The largest absolute Gasteiger partial charge is 0.417 e. The highest BCUT2D eigenvalue weighted by atomic mass is 19.4. The van der Waals surface area contributed by atoms with Crippen LogP contribution in [0.5, 0.6) is 0 Å². The predicted octanol–water partition coefficient (Wildman–Crippen LogP) is 4.99. The first-order chi connectivity index (χ1) is 9.19. The van der Waals surface area contributed by atoms with Crippen molar-refractivity contribution in [3.05, 3.63) is 58.0 Å². The number of halogens is 6. The Kier molecular flexibility index (Phi) is 2.46. The van der Waals surface area contributed by atoms with Gasteiger partial charge in [0.1, 0.15) is 0 Å². The lowest BCUT2D eigenvalue weighted by molar-refractivity contribution is -0.139. The predicted molar refractivity (Wildman–Crippen MR) is 59.6 cm³/mol. The molecule has 2 aliphatic carbocycles. The van der Waals surface area contributed by atoms with Gasteiger partial charge >= 0.3 is 12.4 Å². The van der Waals surface area contributed by atoms with E-state index in [-0.39, 0.29) is 16.3 Å². The van der Waals surface area contributed by atoms with Gasteiger partial charge in [0.25, 0.3) is 0 Å². The van der Waals surface area contributed by atoms with Gasteiger partial charge in [0.15, 0.2) is 0 Å². The monoisotopic (exact) mass is 288 g/mol. The SMILES string of the molecule is FC(F)(F)c1ccccc1-c1cc2cc(C(F)(F)F)c1=2. The van der Waals surface area contributed by atoms with Crippen LogP contribution in [0.25, 0.3) is 11.1 Å². The molecule has 0 bridgehead atoms. The van der Waals surface area contributed by atoms with Gasteiger partial charge in [-0.2, -0.15) is 26.3 Å². The fraction of sp³-hybridized carbons (Fsp3) is 0.143. The molecule has 0 aromatic heterocycles. The smallest absolute Gasteiger partial charge is 0.166 e. The summed E-state index contributed by atoms with van der Waals surface area (Å²) in [6.07, 6.45) is -9.13. The molecule has 3 rings (SSSR count). The fourth-order valence-electron chi connectivity index (χ4n) is 2.34. The fourth-order valence-corrected chi connectivity index (χ4v) is 2.34. The molecule has 0 amide bonds. The highest BCUT2D eigenvalue weighted by molar-refractivity contribution is 5.74. The van der Waals surface area contributed by atoms with Gasteiger partial charge < -0.3 is 0 Å². The summed E-state index contributed by atoms with van der Waals surface area (Å²) in [5, 5.41) is 0.235. The number of benzene rings is 2. The van der Waals surface area contributed by atoms with E-state index in [1.807, 2.05) is 0 Å². The molecule has 0 radical (unpaired) electrons. The molecule has 104 valence electrons. The van der Waals surface area contributed by atoms with E-state index in [9.17, 15) is 26.3 Å². The minimum Gasteiger partial charge on any atom is -0.166 e. The molecule has 0 nitrogen and oxygen atoms in total. The van der Waals surface area contributed by atoms with Crippen molar-refractivity contribution >= 4 is 0 Å². The van der Waals surface area contributed by atoms with Crippen LogP contribution in [0.4, 0.5) is 26.3 Å². The maximum absolute atomic E-state index is 12.9. The second-order valence-electron chi connectivity index (χ2n) is 4.49. The standard InChI is InChI=1S/C14H6F6/c15-13(16,17)10-4-2-1-3-8(10)9-5-7-6-11(12(7)9)14(18,19)20/h1-6H. The van der Waals surface area contributed by atoms with E-state index in [0.717, 1.165) is 12.1 Å². The van der Waals surface area contributed by atoms with Gasteiger partial charge in [-0.3, -0.25) is 0 Å². The van der Waals surface area contributed by atoms with Gasteiger partial charge in [-0.25, -0.2) is 0 Å². The van der Waals surface area contributed by atoms with Gasteiger partial charge in [0.2, 0.25) is 0 Å². The normalized spacial score (nSPS) is 13.5. The Morgan fingerprint density at radius 2 is 1.25 bits per heavy atom. The van der Waals surface area contributed by atoms with Crippen LogP contribution in [0.3, 0.4) is 0 Å². The Bertz CT molecular complexity index is 783. The van der Waals surface area contributed by atoms with E-state index in [4.69, 9.17) is 0 Å². The zero-order chi connectivity index (χ0) is 14.7. The molecule has 0 unspecified atom stereocenters. The third-order valence-corrected chi connectivity index (χ3v) is 3.26. The van der Waals surface area contributed by atoms with Gasteiger partial charge in [-0.1, -0.05) is 18.2 Å². The van der Waals surface area contributed by atoms with Crippen LogP contribution in [0.15, 0.2) is 36.4 Å². The Morgan fingerprint density at radius 3 is 1.80 bits per heavy atom. The highest BCUT2D eigenvalue weighted by Gasteiger charge is 2.38. The van der Waals surface area contributed by atoms with Crippen LogP contribution in [0, 0.1) is 10.4 Å². The maximum Gasteiger partial charge on any atom is 0.417 e. The summed E-state index contributed by atoms with van der Waals surface area (Å²) in [6.45, 7) is 0. The Hall–Kier alpha value is -1.98. The molecule has 0 spiro atoms. The van der Waals surface area contributed by atoms with Crippen molar-refractivity contribution in [1.29, 1.82) is 0 Å². The van der Waals surface area contributed by atoms with E-state index >= 15 is 0 Å². The summed E-state index contributed by atoms with van der Waals surface area (Å²) in [7, 11) is 0. The summed E-state index contributed by atoms with van der Waals surface area (Å²) in [4.78, 5) is 0. The number of rotatable bonds is 1. The Balaban J connectivity index is 2.17. The van der Waals surface area contributed by atoms with Crippen LogP contribution in [0.1, 0.15) is 11.1 Å². The molecule has 20 heavy (non-hydrogen) atoms. The summed E-state index contributed by atoms with van der Waals surface area (Å²) >= 11 is 0. The zero-order valence-electron chi connectivity index (χ0n) is 9.73. The van der Waals surface area contributed by atoms with Crippen molar-refractivity contribution in [1.82, 2.24) is 0 Å². The van der Waals surface area contributed by atoms with E-state index < -0.39 is 23.5 Å². The maximum atomic E-state index is 12.9. The summed E-state index contributed by atoms with van der Waals surface area (Å²) < 4.78 is 76.5. The summed E-state index contributed by atoms with van der Waals surface area (Å²) in [6, 6.07) is 6.92. The molecule has 6 heteroatoms. The average molecular weight is 288 g/mol. The molecule has 1 aromatic rings. The van der Waals surface area contributed by atoms with Crippen molar-refractivity contribution in [2.24, 2.45) is 0 Å². The molecule has 0 atom stereocenters. The molecule has 0 aliphatic heterocycles. The van der Waals surface area contributed by atoms with E-state index in [2.05, 4.69) is 0 Å². The highest BCUT2D eigenvalue weighted by Crippen LogP contribution is 2.43. The van der Waals surface area contributed by atoms with Crippen LogP contribution < -0.4 is 0 Å². The molecular weight excluding hydrogens is 282 g/mol. The van der Waals surface area contributed by atoms with Crippen molar-refractivity contribution in [3.8, 4) is 11.1 Å². The third kappa shape index (κ3) is 1.78.